The first-order valence-electron chi connectivity index (χ1n) is 8.94. The Balaban J connectivity index is 1.59. The van der Waals surface area contributed by atoms with Crippen molar-refractivity contribution in [2.75, 3.05) is 59.6 Å². The molecule has 136 valence electrons. The fraction of sp³-hybridized carbons (Fsp3) is 0.684. The minimum atomic E-state index is -0.434. The molecule has 1 saturated heterocycles. The van der Waals surface area contributed by atoms with Gasteiger partial charge in [-0.1, -0.05) is 32.0 Å². The summed E-state index contributed by atoms with van der Waals surface area (Å²) >= 11 is 0. The third-order valence-electron chi connectivity index (χ3n) is 4.40. The standard InChI is InChI=1S/C19H32N2O3/c1-16(2)18-6-4-5-7-19(18)24-13-12-23-15-17(22)14-21-10-8-20(3)9-11-21/h4-7,16-17,22H,8-15H2,1-3H3/t17-/m0/s1. The molecule has 0 unspecified atom stereocenters. The van der Waals surface area contributed by atoms with Crippen molar-refractivity contribution in [2.24, 2.45) is 0 Å². The van der Waals surface area contributed by atoms with Gasteiger partial charge in [-0.05, 0) is 24.6 Å². The van der Waals surface area contributed by atoms with E-state index in [1.807, 2.05) is 18.2 Å². The Morgan fingerprint density at radius 1 is 1.08 bits per heavy atom. The highest BCUT2D eigenvalue weighted by molar-refractivity contribution is 5.35. The van der Waals surface area contributed by atoms with Crippen LogP contribution in [0.2, 0.25) is 0 Å². The number of likely N-dealkylation sites (N-methyl/N-ethyl adjacent to an activating group) is 1. The summed E-state index contributed by atoms with van der Waals surface area (Å²) in [6, 6.07) is 8.12. The second-order valence-electron chi connectivity index (χ2n) is 6.87. The molecule has 1 fully saturated rings. The lowest BCUT2D eigenvalue weighted by Crippen LogP contribution is -2.47. The van der Waals surface area contributed by atoms with Gasteiger partial charge in [-0.2, -0.15) is 0 Å². The van der Waals surface area contributed by atoms with Crippen LogP contribution >= 0.6 is 0 Å². The first-order chi connectivity index (χ1) is 11.6. The van der Waals surface area contributed by atoms with E-state index >= 15 is 0 Å². The Bertz CT molecular complexity index is 473. The summed E-state index contributed by atoms with van der Waals surface area (Å²) in [6.45, 7) is 10.5. The summed E-state index contributed by atoms with van der Waals surface area (Å²) in [5.41, 5.74) is 1.22. The normalized spacial score (nSPS) is 18.0. The number of aliphatic hydroxyl groups excluding tert-OH is 1. The molecule has 1 aromatic rings. The van der Waals surface area contributed by atoms with Gasteiger partial charge in [-0.25, -0.2) is 0 Å². The van der Waals surface area contributed by atoms with E-state index in [-0.39, 0.29) is 0 Å². The molecule has 0 spiro atoms. The molecule has 1 atom stereocenters. The average molecular weight is 336 g/mol. The van der Waals surface area contributed by atoms with E-state index in [9.17, 15) is 5.11 Å². The fourth-order valence-electron chi connectivity index (χ4n) is 2.90. The molecule has 1 aliphatic rings. The molecule has 0 radical (unpaired) electrons. The minimum absolute atomic E-state index is 0.363. The molecule has 1 N–H and O–H groups in total. The first kappa shape index (κ1) is 19.2. The Hall–Kier alpha value is -1.14. The fourth-order valence-corrected chi connectivity index (χ4v) is 2.90. The second kappa shape index (κ2) is 9.99. The molecule has 1 aliphatic heterocycles. The molecular formula is C19H32N2O3. The van der Waals surface area contributed by atoms with Crippen LogP contribution in [0.3, 0.4) is 0 Å². The predicted molar refractivity (Wildman–Crippen MR) is 96.8 cm³/mol. The molecular weight excluding hydrogens is 304 g/mol. The first-order valence-corrected chi connectivity index (χ1v) is 8.94. The number of benzene rings is 1. The van der Waals surface area contributed by atoms with E-state index in [1.54, 1.807) is 0 Å². The number of ether oxygens (including phenoxy) is 2. The van der Waals surface area contributed by atoms with E-state index in [0.717, 1.165) is 31.9 Å². The third-order valence-corrected chi connectivity index (χ3v) is 4.40. The SMILES string of the molecule is CC(C)c1ccccc1OCCOC[C@@H](O)CN1CCN(C)CC1. The molecule has 2 rings (SSSR count). The van der Waals surface area contributed by atoms with Gasteiger partial charge in [0.15, 0.2) is 0 Å². The highest BCUT2D eigenvalue weighted by atomic mass is 16.5. The van der Waals surface area contributed by atoms with Crippen LogP contribution in [0.4, 0.5) is 0 Å². The van der Waals surface area contributed by atoms with Gasteiger partial charge < -0.3 is 19.5 Å². The van der Waals surface area contributed by atoms with E-state index < -0.39 is 6.10 Å². The summed E-state index contributed by atoms with van der Waals surface area (Å²) in [5.74, 6) is 1.36. The van der Waals surface area contributed by atoms with Crippen LogP contribution in [-0.2, 0) is 4.74 Å². The minimum Gasteiger partial charge on any atom is -0.491 e. The number of para-hydroxylation sites is 1. The van der Waals surface area contributed by atoms with Gasteiger partial charge in [-0.3, -0.25) is 4.90 Å². The zero-order valence-electron chi connectivity index (χ0n) is 15.3. The lowest BCUT2D eigenvalue weighted by molar-refractivity contribution is 0.00142. The zero-order valence-corrected chi connectivity index (χ0v) is 15.3. The lowest BCUT2D eigenvalue weighted by atomic mass is 10.0. The summed E-state index contributed by atoms with van der Waals surface area (Å²) in [5, 5.41) is 10.1. The van der Waals surface area contributed by atoms with Crippen molar-refractivity contribution in [3.63, 3.8) is 0 Å². The van der Waals surface area contributed by atoms with Crippen molar-refractivity contribution >= 4 is 0 Å². The number of rotatable bonds is 9. The lowest BCUT2D eigenvalue weighted by Gasteiger charge is -2.33. The third kappa shape index (κ3) is 6.40. The van der Waals surface area contributed by atoms with Gasteiger partial charge in [0.25, 0.3) is 0 Å². The van der Waals surface area contributed by atoms with Crippen molar-refractivity contribution in [3.8, 4) is 5.75 Å². The van der Waals surface area contributed by atoms with Gasteiger partial charge in [0.2, 0.25) is 0 Å². The van der Waals surface area contributed by atoms with E-state index in [0.29, 0.717) is 32.3 Å². The molecule has 1 heterocycles. The van der Waals surface area contributed by atoms with Gasteiger partial charge in [0, 0.05) is 32.7 Å². The van der Waals surface area contributed by atoms with Gasteiger partial charge >= 0.3 is 0 Å². The maximum Gasteiger partial charge on any atom is 0.122 e. The van der Waals surface area contributed by atoms with Crippen LogP contribution in [0.25, 0.3) is 0 Å². The average Bonchev–Trinajstić information content (AvgIpc) is 2.57. The van der Waals surface area contributed by atoms with Crippen molar-refractivity contribution in [1.29, 1.82) is 0 Å². The monoisotopic (exact) mass is 336 g/mol. The van der Waals surface area contributed by atoms with Gasteiger partial charge in [-0.15, -0.1) is 0 Å². The van der Waals surface area contributed by atoms with Crippen molar-refractivity contribution < 1.29 is 14.6 Å². The zero-order chi connectivity index (χ0) is 17.4. The predicted octanol–water partition coefficient (Wildman–Crippen LogP) is 1.81. The van der Waals surface area contributed by atoms with Gasteiger partial charge in [0.05, 0.1) is 19.3 Å². The maximum absolute atomic E-state index is 10.1. The van der Waals surface area contributed by atoms with Crippen LogP contribution in [0, 0.1) is 0 Å². The molecule has 0 amide bonds. The summed E-state index contributed by atoms with van der Waals surface area (Å²) in [7, 11) is 2.13. The number of hydrogen-bond acceptors (Lipinski definition) is 5. The van der Waals surface area contributed by atoms with Crippen LogP contribution in [0.1, 0.15) is 25.3 Å². The summed E-state index contributed by atoms with van der Waals surface area (Å²) < 4.78 is 11.4. The molecule has 24 heavy (non-hydrogen) atoms. The molecule has 1 aromatic carbocycles. The Morgan fingerprint density at radius 3 is 2.50 bits per heavy atom. The van der Waals surface area contributed by atoms with Crippen LogP contribution in [0.5, 0.6) is 5.75 Å². The van der Waals surface area contributed by atoms with Crippen molar-refractivity contribution in [1.82, 2.24) is 9.80 Å². The Kier molecular flexibility index (Phi) is 7.99. The number of piperazine rings is 1. The molecule has 0 aliphatic carbocycles. The van der Waals surface area contributed by atoms with Gasteiger partial charge in [0.1, 0.15) is 12.4 Å². The Morgan fingerprint density at radius 2 is 1.79 bits per heavy atom. The second-order valence-corrected chi connectivity index (χ2v) is 6.87. The highest BCUT2D eigenvalue weighted by Crippen LogP contribution is 2.25. The van der Waals surface area contributed by atoms with E-state index in [2.05, 4.69) is 36.8 Å². The quantitative estimate of drug-likeness (QED) is 0.697. The number of β-amino-alcohol motifs (C(OH)–C–C–N with tert-alkyl or cyclic N) is 1. The van der Waals surface area contributed by atoms with Crippen LogP contribution < -0.4 is 4.74 Å². The molecule has 0 bridgehead atoms. The molecule has 5 heteroatoms. The smallest absolute Gasteiger partial charge is 0.122 e. The van der Waals surface area contributed by atoms with Crippen LogP contribution in [0.15, 0.2) is 24.3 Å². The largest absolute Gasteiger partial charge is 0.491 e. The van der Waals surface area contributed by atoms with E-state index in [4.69, 9.17) is 9.47 Å². The number of aliphatic hydroxyl groups is 1. The molecule has 0 aromatic heterocycles. The van der Waals surface area contributed by atoms with Crippen LogP contribution in [-0.4, -0.2) is 80.6 Å². The molecule has 0 saturated carbocycles. The highest BCUT2D eigenvalue weighted by Gasteiger charge is 2.17. The molecule has 5 nitrogen and oxygen atoms in total. The Labute approximate surface area is 146 Å². The topological polar surface area (TPSA) is 45.2 Å². The summed E-state index contributed by atoms with van der Waals surface area (Å²) in [4.78, 5) is 4.61. The van der Waals surface area contributed by atoms with Crippen molar-refractivity contribution in [2.45, 2.75) is 25.9 Å². The van der Waals surface area contributed by atoms with Crippen molar-refractivity contribution in [3.05, 3.63) is 29.8 Å². The number of hydrogen-bond donors (Lipinski definition) is 1. The number of nitrogens with zero attached hydrogens (tertiary/aromatic N) is 2. The maximum atomic E-state index is 10.1. The van der Waals surface area contributed by atoms with E-state index in [1.165, 1.54) is 5.56 Å². The summed E-state index contributed by atoms with van der Waals surface area (Å²) in [6.07, 6.45) is -0.434.